The van der Waals surface area contributed by atoms with E-state index in [2.05, 4.69) is 23.9 Å². The van der Waals surface area contributed by atoms with Crippen molar-refractivity contribution in [3.63, 3.8) is 0 Å². The van der Waals surface area contributed by atoms with Crippen LogP contribution in [0.2, 0.25) is 0 Å². The van der Waals surface area contributed by atoms with Crippen LogP contribution in [0.1, 0.15) is 52.4 Å². The third-order valence-corrected chi connectivity index (χ3v) is 2.49. The van der Waals surface area contributed by atoms with Crippen LogP contribution in [0.15, 0.2) is 6.33 Å². The van der Waals surface area contributed by atoms with Gasteiger partial charge in [-0.25, -0.2) is 9.67 Å². The minimum atomic E-state index is 0.253. The summed E-state index contributed by atoms with van der Waals surface area (Å²) in [7, 11) is 0. The second-order valence-electron chi connectivity index (χ2n) is 4.86. The summed E-state index contributed by atoms with van der Waals surface area (Å²) in [5, 5.41) is 4.12. The molecule has 0 spiro atoms. The molecule has 0 unspecified atom stereocenters. The lowest BCUT2D eigenvalue weighted by Crippen LogP contribution is -2.13. The highest BCUT2D eigenvalue weighted by Gasteiger charge is 2.12. The molecule has 0 bridgehead atoms. The number of rotatable bonds is 6. The van der Waals surface area contributed by atoms with E-state index in [1.54, 1.807) is 0 Å². The van der Waals surface area contributed by atoms with Gasteiger partial charge in [-0.05, 0) is 26.2 Å². The van der Waals surface area contributed by atoms with Gasteiger partial charge in [0, 0.05) is 12.5 Å². The minimum Gasteiger partial charge on any atom is -0.299 e. The number of nitrogens with zero attached hydrogens (tertiary/aromatic N) is 3. The predicted octanol–water partition coefficient (Wildman–Crippen LogP) is 2.41. The Labute approximate surface area is 97.1 Å². The molecule has 1 rings (SSSR count). The first-order valence-electron chi connectivity index (χ1n) is 5.90. The molecule has 0 radical (unpaired) electrons. The Bertz CT molecular complexity index is 342. The molecule has 0 aliphatic rings. The molecule has 4 nitrogen and oxygen atoms in total. The van der Waals surface area contributed by atoms with Gasteiger partial charge in [0.15, 0.2) is 0 Å². The van der Waals surface area contributed by atoms with Crippen LogP contribution < -0.4 is 0 Å². The van der Waals surface area contributed by atoms with Crippen molar-refractivity contribution in [2.24, 2.45) is 5.92 Å². The van der Waals surface area contributed by atoms with Gasteiger partial charge in [0.25, 0.3) is 0 Å². The summed E-state index contributed by atoms with van der Waals surface area (Å²) >= 11 is 0. The van der Waals surface area contributed by atoms with E-state index in [4.69, 9.17) is 0 Å². The van der Waals surface area contributed by atoms with Crippen molar-refractivity contribution in [1.82, 2.24) is 14.8 Å². The molecule has 0 aliphatic heterocycles. The Hall–Kier alpha value is -1.19. The predicted molar refractivity (Wildman–Crippen MR) is 63.2 cm³/mol. The third-order valence-electron chi connectivity index (χ3n) is 2.49. The molecular weight excluding hydrogens is 202 g/mol. The second kappa shape index (κ2) is 5.77. The van der Waals surface area contributed by atoms with Crippen LogP contribution in [0.5, 0.6) is 0 Å². The SMILES string of the molecule is CC(C)CCC(=O)Cc1ncnn1C(C)C. The summed E-state index contributed by atoms with van der Waals surface area (Å²) in [6.45, 7) is 8.33. The topological polar surface area (TPSA) is 47.8 Å². The number of hydrogen-bond acceptors (Lipinski definition) is 3. The number of carbonyl (C=O) groups is 1. The van der Waals surface area contributed by atoms with E-state index in [0.29, 0.717) is 18.8 Å². The molecule has 0 aromatic carbocycles. The van der Waals surface area contributed by atoms with E-state index in [0.717, 1.165) is 12.2 Å². The van der Waals surface area contributed by atoms with E-state index < -0.39 is 0 Å². The van der Waals surface area contributed by atoms with Gasteiger partial charge in [0.2, 0.25) is 0 Å². The maximum Gasteiger partial charge on any atom is 0.140 e. The van der Waals surface area contributed by atoms with E-state index in [9.17, 15) is 4.79 Å². The lowest BCUT2D eigenvalue weighted by molar-refractivity contribution is -0.118. The fraction of sp³-hybridized carbons (Fsp3) is 0.750. The van der Waals surface area contributed by atoms with Gasteiger partial charge in [-0.3, -0.25) is 4.79 Å². The van der Waals surface area contributed by atoms with E-state index in [1.165, 1.54) is 6.33 Å². The van der Waals surface area contributed by atoms with Gasteiger partial charge in [0.05, 0.1) is 6.42 Å². The molecule has 1 aromatic heterocycles. The first kappa shape index (κ1) is 12.9. The number of carbonyl (C=O) groups excluding carboxylic acids is 1. The Morgan fingerprint density at radius 1 is 1.38 bits per heavy atom. The van der Waals surface area contributed by atoms with Crippen LogP contribution in [0, 0.1) is 5.92 Å². The normalized spacial score (nSPS) is 11.4. The van der Waals surface area contributed by atoms with Crippen molar-refractivity contribution in [2.75, 3.05) is 0 Å². The van der Waals surface area contributed by atoms with Crippen LogP contribution in [0.4, 0.5) is 0 Å². The van der Waals surface area contributed by atoms with Gasteiger partial charge in [0.1, 0.15) is 17.9 Å². The van der Waals surface area contributed by atoms with Crippen molar-refractivity contribution in [3.05, 3.63) is 12.2 Å². The zero-order chi connectivity index (χ0) is 12.1. The van der Waals surface area contributed by atoms with Crippen LogP contribution in [-0.2, 0) is 11.2 Å². The summed E-state index contributed by atoms with van der Waals surface area (Å²) in [6.07, 6.45) is 3.52. The largest absolute Gasteiger partial charge is 0.299 e. The first-order chi connectivity index (χ1) is 7.50. The molecule has 0 saturated carbocycles. The molecule has 0 fully saturated rings. The number of Topliss-reactive ketones (excluding diaryl/α,β-unsaturated/α-hetero) is 1. The highest BCUT2D eigenvalue weighted by molar-refractivity contribution is 5.80. The van der Waals surface area contributed by atoms with Crippen molar-refractivity contribution in [2.45, 2.75) is 53.0 Å². The molecule has 0 saturated heterocycles. The number of ketones is 1. The summed E-state index contributed by atoms with van der Waals surface area (Å²) < 4.78 is 1.81. The maximum atomic E-state index is 11.7. The highest BCUT2D eigenvalue weighted by Crippen LogP contribution is 2.09. The Balaban J connectivity index is 2.53. The number of aromatic nitrogens is 3. The molecular formula is C12H21N3O. The van der Waals surface area contributed by atoms with Gasteiger partial charge >= 0.3 is 0 Å². The standard InChI is InChI=1S/C12H21N3O/c1-9(2)5-6-11(16)7-12-13-8-14-15(12)10(3)4/h8-10H,5-7H2,1-4H3. The summed E-state index contributed by atoms with van der Waals surface area (Å²) in [4.78, 5) is 15.8. The molecule has 0 amide bonds. The maximum absolute atomic E-state index is 11.7. The Kier molecular flexibility index (Phi) is 4.65. The molecule has 0 N–H and O–H groups in total. The Morgan fingerprint density at radius 3 is 2.62 bits per heavy atom. The van der Waals surface area contributed by atoms with E-state index >= 15 is 0 Å². The molecule has 16 heavy (non-hydrogen) atoms. The second-order valence-corrected chi connectivity index (χ2v) is 4.86. The fourth-order valence-corrected chi connectivity index (χ4v) is 1.55. The zero-order valence-electron chi connectivity index (χ0n) is 10.6. The smallest absolute Gasteiger partial charge is 0.140 e. The Morgan fingerprint density at radius 2 is 2.06 bits per heavy atom. The van der Waals surface area contributed by atoms with Crippen molar-refractivity contribution in [3.8, 4) is 0 Å². The lowest BCUT2D eigenvalue weighted by Gasteiger charge is -2.09. The van der Waals surface area contributed by atoms with Crippen molar-refractivity contribution >= 4 is 5.78 Å². The van der Waals surface area contributed by atoms with Crippen LogP contribution in [0.25, 0.3) is 0 Å². The van der Waals surface area contributed by atoms with Crippen LogP contribution in [-0.4, -0.2) is 20.5 Å². The highest BCUT2D eigenvalue weighted by atomic mass is 16.1. The summed E-state index contributed by atoms with van der Waals surface area (Å²) in [5.41, 5.74) is 0. The first-order valence-corrected chi connectivity index (χ1v) is 5.90. The van der Waals surface area contributed by atoms with Gasteiger partial charge in [-0.15, -0.1) is 0 Å². The summed E-state index contributed by atoms with van der Waals surface area (Å²) in [6, 6.07) is 0.260. The van der Waals surface area contributed by atoms with E-state index in [1.807, 2.05) is 18.5 Å². The quantitative estimate of drug-likeness (QED) is 0.744. The molecule has 1 heterocycles. The van der Waals surface area contributed by atoms with E-state index in [-0.39, 0.29) is 11.8 Å². The minimum absolute atomic E-state index is 0.253. The van der Waals surface area contributed by atoms with Crippen molar-refractivity contribution in [1.29, 1.82) is 0 Å². The average molecular weight is 223 g/mol. The lowest BCUT2D eigenvalue weighted by atomic mass is 10.0. The van der Waals surface area contributed by atoms with Gasteiger partial charge < -0.3 is 0 Å². The van der Waals surface area contributed by atoms with Gasteiger partial charge in [-0.2, -0.15) is 5.10 Å². The van der Waals surface area contributed by atoms with Crippen LogP contribution >= 0.6 is 0 Å². The third kappa shape index (κ3) is 3.76. The monoisotopic (exact) mass is 223 g/mol. The summed E-state index contributed by atoms with van der Waals surface area (Å²) in [5.74, 6) is 1.61. The van der Waals surface area contributed by atoms with Gasteiger partial charge in [-0.1, -0.05) is 13.8 Å². The number of hydrogen-bond donors (Lipinski definition) is 0. The molecule has 0 aliphatic carbocycles. The molecule has 0 atom stereocenters. The molecule has 90 valence electrons. The molecule has 4 heteroatoms. The average Bonchev–Trinajstić information content (AvgIpc) is 2.62. The fourth-order valence-electron chi connectivity index (χ4n) is 1.55. The molecule has 1 aromatic rings. The van der Waals surface area contributed by atoms with Crippen molar-refractivity contribution < 1.29 is 4.79 Å². The zero-order valence-corrected chi connectivity index (χ0v) is 10.6. The van der Waals surface area contributed by atoms with Crippen LogP contribution in [0.3, 0.4) is 0 Å².